The fourth-order valence-electron chi connectivity index (χ4n) is 0.550. The first kappa shape index (κ1) is 11.2. The van der Waals surface area contributed by atoms with Crippen LogP contribution in [0.25, 0.3) is 0 Å². The molecule has 0 aliphatic carbocycles. The van der Waals surface area contributed by atoms with Crippen molar-refractivity contribution in [2.24, 2.45) is 0 Å². The van der Waals surface area contributed by atoms with Gasteiger partial charge in [-0.2, -0.15) is 13.2 Å². The van der Waals surface area contributed by atoms with Gasteiger partial charge in [0, 0.05) is 6.92 Å². The number of rotatable bonds is 3. The number of hydrogen-bond donors (Lipinski definition) is 1. The monoisotopic (exact) mass is 185 g/mol. The molecule has 0 spiro atoms. The van der Waals surface area contributed by atoms with Gasteiger partial charge in [0.2, 0.25) is 0 Å². The topological polar surface area (TPSA) is 38.3 Å². The molecule has 0 radical (unpaired) electrons. The van der Waals surface area contributed by atoms with Gasteiger partial charge < -0.3 is 4.74 Å². The van der Waals surface area contributed by atoms with Gasteiger partial charge >= 0.3 is 12.1 Å². The minimum absolute atomic E-state index is 0.614. The maximum Gasteiger partial charge on any atom is 0.401 e. The Morgan fingerprint density at radius 2 is 2.08 bits per heavy atom. The van der Waals surface area contributed by atoms with Gasteiger partial charge in [0.1, 0.15) is 0 Å². The summed E-state index contributed by atoms with van der Waals surface area (Å²) in [5.41, 5.74) is 0. The van der Waals surface area contributed by atoms with E-state index >= 15 is 0 Å². The minimum atomic E-state index is -4.28. The van der Waals surface area contributed by atoms with Crippen LogP contribution < -0.4 is 5.32 Å². The van der Waals surface area contributed by atoms with Gasteiger partial charge in [0.15, 0.2) is 6.23 Å². The van der Waals surface area contributed by atoms with Crippen molar-refractivity contribution in [2.75, 3.05) is 6.54 Å². The zero-order chi connectivity index (χ0) is 9.78. The van der Waals surface area contributed by atoms with Crippen molar-refractivity contribution in [2.45, 2.75) is 26.3 Å². The second-order valence-electron chi connectivity index (χ2n) is 2.25. The Bertz CT molecular complexity index is 157. The van der Waals surface area contributed by atoms with Crippen LogP contribution in [0.5, 0.6) is 0 Å². The second-order valence-corrected chi connectivity index (χ2v) is 2.25. The highest BCUT2D eigenvalue weighted by molar-refractivity contribution is 5.66. The average Bonchev–Trinajstić information content (AvgIpc) is 1.80. The van der Waals surface area contributed by atoms with Crippen molar-refractivity contribution >= 4 is 5.97 Å². The van der Waals surface area contributed by atoms with Crippen LogP contribution in [0.4, 0.5) is 13.2 Å². The van der Waals surface area contributed by atoms with Crippen LogP contribution in [0, 0.1) is 0 Å². The van der Waals surface area contributed by atoms with Crippen molar-refractivity contribution < 1.29 is 22.7 Å². The molecule has 6 heteroatoms. The molecule has 0 aromatic carbocycles. The molecule has 0 fully saturated rings. The van der Waals surface area contributed by atoms with Gasteiger partial charge in [-0.3, -0.25) is 10.1 Å². The van der Waals surface area contributed by atoms with Crippen molar-refractivity contribution in [1.29, 1.82) is 0 Å². The Kier molecular flexibility index (Phi) is 4.02. The van der Waals surface area contributed by atoms with Crippen molar-refractivity contribution in [1.82, 2.24) is 5.32 Å². The summed E-state index contributed by atoms with van der Waals surface area (Å²) in [6, 6.07) is 0. The summed E-state index contributed by atoms with van der Waals surface area (Å²) < 4.78 is 39.0. The van der Waals surface area contributed by atoms with Crippen LogP contribution in [-0.2, 0) is 9.53 Å². The Hall–Kier alpha value is -0.780. The highest BCUT2D eigenvalue weighted by atomic mass is 19.4. The fourth-order valence-corrected chi connectivity index (χ4v) is 0.550. The second kappa shape index (κ2) is 4.30. The van der Waals surface area contributed by atoms with E-state index in [1.807, 2.05) is 5.32 Å². The first-order chi connectivity index (χ1) is 5.31. The van der Waals surface area contributed by atoms with Gasteiger partial charge in [-0.05, 0) is 6.92 Å². The van der Waals surface area contributed by atoms with Crippen LogP contribution in [0.15, 0.2) is 0 Å². The summed E-state index contributed by atoms with van der Waals surface area (Å²) in [5, 5.41) is 1.99. The first-order valence-corrected chi connectivity index (χ1v) is 3.28. The molecule has 1 N–H and O–H groups in total. The Morgan fingerprint density at radius 3 is 2.42 bits per heavy atom. The van der Waals surface area contributed by atoms with Gasteiger partial charge in [-0.25, -0.2) is 0 Å². The Morgan fingerprint density at radius 1 is 1.58 bits per heavy atom. The SMILES string of the molecule is CC(=O)OC(C)NCC(F)(F)F. The maximum atomic E-state index is 11.6. The Labute approximate surface area is 67.9 Å². The number of hydrogen-bond acceptors (Lipinski definition) is 3. The lowest BCUT2D eigenvalue weighted by molar-refractivity contribution is -0.153. The van der Waals surface area contributed by atoms with Gasteiger partial charge in [0.25, 0.3) is 0 Å². The lowest BCUT2D eigenvalue weighted by Gasteiger charge is -2.14. The molecule has 0 aromatic rings. The van der Waals surface area contributed by atoms with E-state index in [2.05, 4.69) is 4.74 Å². The summed E-state index contributed by atoms with van der Waals surface area (Å²) >= 11 is 0. The van der Waals surface area contributed by atoms with Crippen LogP contribution in [-0.4, -0.2) is 24.9 Å². The van der Waals surface area contributed by atoms with Crippen molar-refractivity contribution in [3.63, 3.8) is 0 Å². The van der Waals surface area contributed by atoms with Gasteiger partial charge in [-0.15, -0.1) is 0 Å². The minimum Gasteiger partial charge on any atom is -0.447 e. The standard InChI is InChI=1S/C6H10F3NO2/c1-4(12-5(2)11)10-3-6(7,8)9/h4,10H,3H2,1-2H3. The molecule has 0 amide bonds. The molecule has 0 aromatic heterocycles. The van der Waals surface area contributed by atoms with E-state index in [0.29, 0.717) is 0 Å². The van der Waals surface area contributed by atoms with E-state index in [9.17, 15) is 18.0 Å². The van der Waals surface area contributed by atoms with E-state index in [4.69, 9.17) is 0 Å². The number of esters is 1. The summed E-state index contributed by atoms with van der Waals surface area (Å²) in [6.45, 7) is 1.29. The molecule has 1 unspecified atom stereocenters. The summed E-state index contributed by atoms with van der Waals surface area (Å²) in [5.74, 6) is -0.614. The van der Waals surface area contributed by atoms with E-state index < -0.39 is 24.9 Å². The van der Waals surface area contributed by atoms with Crippen LogP contribution >= 0.6 is 0 Å². The third-order valence-corrected chi connectivity index (χ3v) is 0.933. The molecule has 1 atom stereocenters. The van der Waals surface area contributed by atoms with Crippen LogP contribution in [0.3, 0.4) is 0 Å². The number of alkyl halides is 3. The highest BCUT2D eigenvalue weighted by Gasteiger charge is 2.27. The molecule has 0 rings (SSSR count). The summed E-state index contributed by atoms with van der Waals surface area (Å²) in [7, 11) is 0. The highest BCUT2D eigenvalue weighted by Crippen LogP contribution is 2.12. The van der Waals surface area contributed by atoms with Crippen molar-refractivity contribution in [3.8, 4) is 0 Å². The molecule has 0 aliphatic rings. The van der Waals surface area contributed by atoms with Crippen LogP contribution in [0.2, 0.25) is 0 Å². The molecule has 72 valence electrons. The van der Waals surface area contributed by atoms with E-state index in [1.54, 1.807) is 0 Å². The molecule has 0 aliphatic heterocycles. The largest absolute Gasteiger partial charge is 0.447 e. The molecule has 12 heavy (non-hydrogen) atoms. The Balaban J connectivity index is 3.57. The molecule has 0 bridgehead atoms. The fraction of sp³-hybridized carbons (Fsp3) is 0.833. The number of halogens is 3. The number of ether oxygens (including phenoxy) is 1. The predicted octanol–water partition coefficient (Wildman–Crippen LogP) is 1.05. The molecule has 3 nitrogen and oxygen atoms in total. The quantitative estimate of drug-likeness (QED) is 0.527. The smallest absolute Gasteiger partial charge is 0.401 e. The van der Waals surface area contributed by atoms with E-state index in [0.717, 1.165) is 6.92 Å². The van der Waals surface area contributed by atoms with E-state index in [1.165, 1.54) is 6.92 Å². The molecule has 0 saturated carbocycles. The van der Waals surface area contributed by atoms with Crippen LogP contribution in [0.1, 0.15) is 13.8 Å². The number of carbonyl (C=O) groups excluding carboxylic acids is 1. The predicted molar refractivity (Wildman–Crippen MR) is 35.3 cm³/mol. The lowest BCUT2D eigenvalue weighted by atomic mass is 10.5. The van der Waals surface area contributed by atoms with Gasteiger partial charge in [-0.1, -0.05) is 0 Å². The molecular weight excluding hydrogens is 175 g/mol. The number of nitrogens with one attached hydrogen (secondary N) is 1. The average molecular weight is 185 g/mol. The molecule has 0 saturated heterocycles. The summed E-state index contributed by atoms with van der Waals surface area (Å²) in [4.78, 5) is 10.2. The summed E-state index contributed by atoms with van der Waals surface area (Å²) in [6.07, 6.45) is -5.20. The maximum absolute atomic E-state index is 11.6. The third-order valence-electron chi connectivity index (χ3n) is 0.933. The molecular formula is C6H10F3NO2. The zero-order valence-electron chi connectivity index (χ0n) is 6.73. The third kappa shape index (κ3) is 7.33. The zero-order valence-corrected chi connectivity index (χ0v) is 6.73. The lowest BCUT2D eigenvalue weighted by Crippen LogP contribution is -2.37. The molecule has 0 heterocycles. The van der Waals surface area contributed by atoms with Crippen molar-refractivity contribution in [3.05, 3.63) is 0 Å². The van der Waals surface area contributed by atoms with Gasteiger partial charge in [0.05, 0.1) is 6.54 Å². The first-order valence-electron chi connectivity index (χ1n) is 3.28. The van der Waals surface area contributed by atoms with E-state index in [-0.39, 0.29) is 0 Å². The normalized spacial score (nSPS) is 14.1. The number of carbonyl (C=O) groups is 1.